The van der Waals surface area contributed by atoms with Gasteiger partial charge >= 0.3 is 11.9 Å². The molecule has 0 radical (unpaired) electrons. The largest absolute Gasteiger partial charge is 0.494 e. The first-order valence-electron chi connectivity index (χ1n) is 17.3. The van der Waals surface area contributed by atoms with Crippen LogP contribution in [0.4, 0.5) is 28.4 Å². The molecule has 14 nitrogen and oxygen atoms in total. The Bertz CT molecular complexity index is 1850. The van der Waals surface area contributed by atoms with Gasteiger partial charge in [0.2, 0.25) is 1.43 Å². The Morgan fingerprint density at radius 1 is 0.923 bits per heavy atom. The highest BCUT2D eigenvalue weighted by atomic mass is 16.5. The summed E-state index contributed by atoms with van der Waals surface area (Å²) in [7, 11) is 5.06. The van der Waals surface area contributed by atoms with Gasteiger partial charge in [-0.2, -0.15) is 10.2 Å². The van der Waals surface area contributed by atoms with Crippen LogP contribution in [-0.2, 0) is 19.7 Å². The van der Waals surface area contributed by atoms with Gasteiger partial charge in [-0.25, -0.2) is 0 Å². The van der Waals surface area contributed by atoms with Crippen LogP contribution in [0, 0.1) is 5.92 Å². The van der Waals surface area contributed by atoms with Crippen molar-refractivity contribution in [3.63, 3.8) is 0 Å². The van der Waals surface area contributed by atoms with E-state index in [1.54, 1.807) is 36.4 Å². The minimum atomic E-state index is -1.08. The molecule has 1 unspecified atom stereocenters. The second-order valence-corrected chi connectivity index (χ2v) is 12.8. The molecule has 1 heterocycles. The lowest BCUT2D eigenvalue weighted by atomic mass is 9.84. The summed E-state index contributed by atoms with van der Waals surface area (Å²) in [6, 6.07) is 16.0. The number of aliphatic hydroxyl groups excluding tert-OH is 1. The van der Waals surface area contributed by atoms with Crippen LogP contribution in [0.1, 0.15) is 61.9 Å². The van der Waals surface area contributed by atoms with E-state index in [-0.39, 0.29) is 43.3 Å². The highest BCUT2D eigenvalue weighted by Crippen LogP contribution is 2.47. The fraction of sp³-hybridized carbons (Fsp3) is 0.395. The van der Waals surface area contributed by atoms with E-state index in [1.807, 2.05) is 25.2 Å². The molecule has 276 valence electrons. The summed E-state index contributed by atoms with van der Waals surface area (Å²) < 4.78 is 23.3. The van der Waals surface area contributed by atoms with Crippen LogP contribution in [0.25, 0.3) is 0 Å². The molecule has 1 aliphatic heterocycles. The molecule has 0 aromatic heterocycles. The standard InChI is InChI=1S/C38H46N6O8/c1-24-38(2,3)29-19-28(14-15-32(29)44(24)4)41-43-31-21-33(50-5)30(20-34(31)51-6)42-40-27-12-10-26(11-13-27)37(49)39-18-8-7-9-25(22-45)23-52-36(48)17-16-35(46)47/h10-15,19-21,25,45H,1,7-9,16-18,22-23H2,2-6H3,(H,39,49)(H,46,47)/b42-40-,43-41-/i45D. The number of fused-ring (bicyclic) bond motifs is 1. The van der Waals surface area contributed by atoms with Gasteiger partial charge in [0.25, 0.3) is 5.91 Å². The van der Waals surface area contributed by atoms with Crippen LogP contribution in [0.5, 0.6) is 11.5 Å². The van der Waals surface area contributed by atoms with Gasteiger partial charge in [0.05, 0.1) is 45.0 Å². The van der Waals surface area contributed by atoms with E-state index in [0.29, 0.717) is 65.6 Å². The first kappa shape index (κ1) is 37.6. The molecule has 0 bridgehead atoms. The summed E-state index contributed by atoms with van der Waals surface area (Å²) in [6.45, 7) is 9.04. The normalized spacial score (nSPS) is 14.3. The first-order chi connectivity index (χ1) is 25.4. The SMILES string of the molecule is [2H]OCC(CCCCNC(=O)c1ccc(/N=N\c2cc(OC)c(/N=N\c3ccc4c(c3)C(C)(C)C(=C)N4C)cc2OC)cc1)COC(=O)CCC(=O)O. The number of allylic oxidation sites excluding steroid dienone is 1. The Morgan fingerprint density at radius 3 is 2.17 bits per heavy atom. The zero-order chi connectivity index (χ0) is 38.5. The number of carbonyl (C=O) groups is 3. The number of carboxylic acid groups (broad SMARTS) is 1. The number of aliphatic hydroxyl groups is 1. The molecule has 0 saturated heterocycles. The molecule has 0 aliphatic carbocycles. The highest BCUT2D eigenvalue weighted by Gasteiger charge is 2.37. The quantitative estimate of drug-likeness (QED) is 0.0636. The summed E-state index contributed by atoms with van der Waals surface area (Å²) in [4.78, 5) is 37.1. The highest BCUT2D eigenvalue weighted by molar-refractivity contribution is 5.94. The molecular formula is C38H46N6O8. The molecule has 52 heavy (non-hydrogen) atoms. The summed E-state index contributed by atoms with van der Waals surface area (Å²) in [5, 5.41) is 33.6. The zero-order valence-corrected chi connectivity index (χ0v) is 30.2. The van der Waals surface area contributed by atoms with Gasteiger partial charge in [-0.05, 0) is 60.9 Å². The maximum atomic E-state index is 12.7. The van der Waals surface area contributed by atoms with Crippen molar-refractivity contribution in [3.05, 3.63) is 78.0 Å². The molecule has 14 heteroatoms. The van der Waals surface area contributed by atoms with Crippen LogP contribution in [0.3, 0.4) is 0 Å². The lowest BCUT2D eigenvalue weighted by molar-refractivity contribution is -0.149. The maximum absolute atomic E-state index is 12.7. The number of azo groups is 2. The number of esters is 1. The summed E-state index contributed by atoms with van der Waals surface area (Å²) in [5.74, 6) is -1.28. The lowest BCUT2D eigenvalue weighted by Crippen LogP contribution is -2.24. The molecule has 1 atom stereocenters. The fourth-order valence-electron chi connectivity index (χ4n) is 5.59. The number of likely N-dealkylation sites (N-methyl/N-ethyl adjacent to an activating group) is 1. The number of ether oxygens (including phenoxy) is 3. The Balaban J connectivity index is 1.30. The number of nitrogens with one attached hydrogen (secondary N) is 1. The smallest absolute Gasteiger partial charge is 0.306 e. The molecule has 3 aromatic carbocycles. The van der Waals surface area contributed by atoms with Gasteiger partial charge in [0.1, 0.15) is 22.9 Å². The molecule has 0 fully saturated rings. The third-order valence-electron chi connectivity index (χ3n) is 8.88. The first-order valence-corrected chi connectivity index (χ1v) is 16.9. The third kappa shape index (κ3) is 10.00. The van der Waals surface area contributed by atoms with Gasteiger partial charge in [-0.1, -0.05) is 26.8 Å². The molecule has 1 aliphatic rings. The average Bonchev–Trinajstić information content (AvgIpc) is 3.32. The predicted molar refractivity (Wildman–Crippen MR) is 196 cm³/mol. The summed E-state index contributed by atoms with van der Waals surface area (Å²) in [6.07, 6.45) is 1.45. The van der Waals surface area contributed by atoms with Crippen molar-refractivity contribution in [2.24, 2.45) is 26.4 Å². The Hall–Kier alpha value is -5.63. The summed E-state index contributed by atoms with van der Waals surface area (Å²) >= 11 is 0. The number of hydrogen-bond donors (Lipinski definition) is 3. The Labute approximate surface area is 304 Å². The molecule has 3 aromatic rings. The van der Waals surface area contributed by atoms with Crippen LogP contribution in [-0.4, -0.2) is 70.5 Å². The Kier molecular flexibility index (Phi) is 13.0. The van der Waals surface area contributed by atoms with E-state index in [1.165, 1.54) is 14.2 Å². The number of carbonyl (C=O) groups excluding carboxylic acids is 2. The van der Waals surface area contributed by atoms with Gasteiger partial charge < -0.3 is 34.6 Å². The average molecular weight is 716 g/mol. The summed E-state index contributed by atoms with van der Waals surface area (Å²) in [5.41, 5.74) is 5.54. The number of carboxylic acids is 1. The topological polar surface area (TPSA) is 184 Å². The van der Waals surface area contributed by atoms with E-state index in [2.05, 4.69) is 56.2 Å². The molecule has 0 spiro atoms. The minimum absolute atomic E-state index is 0.0375. The Morgan fingerprint density at radius 2 is 1.56 bits per heavy atom. The van der Waals surface area contributed by atoms with Crippen molar-refractivity contribution in [1.29, 1.82) is 1.43 Å². The maximum Gasteiger partial charge on any atom is 0.306 e. The van der Waals surface area contributed by atoms with Crippen molar-refractivity contribution in [2.75, 3.05) is 45.9 Å². The number of unbranched alkanes of at least 4 members (excludes halogenated alkanes) is 1. The van der Waals surface area contributed by atoms with Crippen LogP contribution < -0.4 is 19.7 Å². The second-order valence-electron chi connectivity index (χ2n) is 12.8. The lowest BCUT2D eigenvalue weighted by Gasteiger charge is -2.22. The zero-order valence-electron chi connectivity index (χ0n) is 31.2. The molecule has 4 rings (SSSR count). The van der Waals surface area contributed by atoms with Crippen LogP contribution in [0.2, 0.25) is 0 Å². The van der Waals surface area contributed by atoms with Crippen molar-refractivity contribution in [1.82, 2.24) is 5.32 Å². The van der Waals surface area contributed by atoms with E-state index in [9.17, 15) is 14.4 Å². The number of hydrogen-bond acceptors (Lipinski definition) is 12. The van der Waals surface area contributed by atoms with E-state index < -0.39 is 11.9 Å². The number of anilines is 1. The van der Waals surface area contributed by atoms with Crippen LogP contribution >= 0.6 is 0 Å². The van der Waals surface area contributed by atoms with E-state index >= 15 is 0 Å². The minimum Gasteiger partial charge on any atom is -0.494 e. The number of benzene rings is 3. The van der Waals surface area contributed by atoms with Crippen LogP contribution in [0.15, 0.2) is 87.3 Å². The van der Waals surface area contributed by atoms with Crippen molar-refractivity contribution < 1.29 is 38.8 Å². The molecular weight excluding hydrogens is 668 g/mol. The van der Waals surface area contributed by atoms with Gasteiger partial charge in [0, 0.05) is 60.6 Å². The van der Waals surface area contributed by atoms with Crippen molar-refractivity contribution in [3.8, 4) is 11.5 Å². The van der Waals surface area contributed by atoms with E-state index in [4.69, 9.17) is 20.7 Å². The van der Waals surface area contributed by atoms with Gasteiger partial charge in [0.15, 0.2) is 0 Å². The second kappa shape index (κ2) is 18.0. The number of rotatable bonds is 19. The third-order valence-corrected chi connectivity index (χ3v) is 8.88. The molecule has 0 saturated carbocycles. The van der Waals surface area contributed by atoms with Gasteiger partial charge in [-0.3, -0.25) is 14.4 Å². The van der Waals surface area contributed by atoms with Gasteiger partial charge in [-0.15, -0.1) is 10.2 Å². The number of amides is 1. The predicted octanol–water partition coefficient (Wildman–Crippen LogP) is 7.69. The fourth-order valence-corrected chi connectivity index (χ4v) is 5.59. The van der Waals surface area contributed by atoms with E-state index in [0.717, 1.165) is 16.9 Å². The molecule has 3 N–H and O–H groups in total. The number of methoxy groups -OCH3 is 2. The molecule has 1 amide bonds. The van der Waals surface area contributed by atoms with Crippen molar-refractivity contribution >= 4 is 46.3 Å². The number of nitrogens with zero attached hydrogens (tertiary/aromatic N) is 5. The monoisotopic (exact) mass is 715 g/mol. The van der Waals surface area contributed by atoms with Crippen molar-refractivity contribution in [2.45, 2.75) is 51.4 Å². The number of aliphatic carboxylic acids is 1.